The van der Waals surface area contributed by atoms with Crippen molar-refractivity contribution in [3.8, 4) is 5.75 Å². The predicted octanol–water partition coefficient (Wildman–Crippen LogP) is 1.74. The molecule has 1 saturated heterocycles. The topological polar surface area (TPSA) is 67.6 Å². The summed E-state index contributed by atoms with van der Waals surface area (Å²) in [4.78, 5) is 14.5. The highest BCUT2D eigenvalue weighted by Crippen LogP contribution is 2.22. The van der Waals surface area contributed by atoms with Crippen LogP contribution in [0.4, 0.5) is 5.69 Å². The second kappa shape index (κ2) is 7.31. The van der Waals surface area contributed by atoms with Crippen LogP contribution in [0.2, 0.25) is 0 Å². The van der Waals surface area contributed by atoms with Gasteiger partial charge in [0.05, 0.1) is 12.8 Å². The normalized spacial score (nSPS) is 16.7. The molecule has 0 aromatic heterocycles. The largest absolute Gasteiger partial charge is 0.495 e. The van der Waals surface area contributed by atoms with Crippen molar-refractivity contribution in [2.45, 2.75) is 19.8 Å². The summed E-state index contributed by atoms with van der Waals surface area (Å²) < 4.78 is 5.13. The molecule has 0 radical (unpaired) electrons. The molecule has 0 unspecified atom stereocenters. The van der Waals surface area contributed by atoms with Crippen LogP contribution in [0.5, 0.6) is 5.75 Å². The summed E-state index contributed by atoms with van der Waals surface area (Å²) in [5.74, 6) is 1.28. The lowest BCUT2D eigenvalue weighted by molar-refractivity contribution is 0.0944. The second-order valence-electron chi connectivity index (χ2n) is 5.74. The molecule has 1 aliphatic rings. The van der Waals surface area contributed by atoms with E-state index in [1.54, 1.807) is 25.3 Å². The molecule has 1 heterocycles. The Bertz CT molecular complexity index is 482. The zero-order valence-electron chi connectivity index (χ0n) is 12.9. The number of piperidine rings is 1. The summed E-state index contributed by atoms with van der Waals surface area (Å²) in [6.45, 7) is 6.14. The number of hydrogen-bond donors (Lipinski definition) is 2. The Morgan fingerprint density at radius 2 is 2.14 bits per heavy atom. The number of nitrogens with one attached hydrogen (secondary N) is 1. The number of rotatable bonds is 5. The lowest BCUT2D eigenvalue weighted by atomic mass is 9.99. The van der Waals surface area contributed by atoms with Crippen LogP contribution < -0.4 is 15.8 Å². The Balaban J connectivity index is 1.79. The maximum absolute atomic E-state index is 12.1. The fraction of sp³-hybridized carbons (Fsp3) is 0.562. The molecule has 5 heteroatoms. The second-order valence-corrected chi connectivity index (χ2v) is 5.74. The Labute approximate surface area is 126 Å². The van der Waals surface area contributed by atoms with Gasteiger partial charge in [0.25, 0.3) is 5.91 Å². The van der Waals surface area contributed by atoms with Crippen molar-refractivity contribution in [2.24, 2.45) is 5.92 Å². The Kier molecular flexibility index (Phi) is 5.44. The molecular weight excluding hydrogens is 266 g/mol. The van der Waals surface area contributed by atoms with Gasteiger partial charge in [-0.25, -0.2) is 0 Å². The maximum atomic E-state index is 12.1. The molecule has 0 spiro atoms. The number of methoxy groups -OCH3 is 1. The van der Waals surface area contributed by atoms with E-state index in [0.29, 0.717) is 23.5 Å². The molecule has 1 aromatic rings. The number of nitrogens with zero attached hydrogens (tertiary/aromatic N) is 1. The molecule has 21 heavy (non-hydrogen) atoms. The first kappa shape index (κ1) is 15.6. The average molecular weight is 291 g/mol. The zero-order valence-corrected chi connectivity index (χ0v) is 12.9. The molecule has 5 nitrogen and oxygen atoms in total. The molecule has 1 aromatic carbocycles. The third-order valence-corrected chi connectivity index (χ3v) is 4.09. The smallest absolute Gasteiger partial charge is 0.251 e. The van der Waals surface area contributed by atoms with E-state index < -0.39 is 0 Å². The SMILES string of the molecule is COc1cc(C(=O)NCCN2CCC(C)CC2)ccc1N. The van der Waals surface area contributed by atoms with Crippen molar-refractivity contribution in [3.63, 3.8) is 0 Å². The first-order valence-corrected chi connectivity index (χ1v) is 7.54. The number of carbonyl (C=O) groups excluding carboxylic acids is 1. The minimum absolute atomic E-state index is 0.0846. The highest BCUT2D eigenvalue weighted by Gasteiger charge is 2.15. The Morgan fingerprint density at radius 3 is 2.81 bits per heavy atom. The van der Waals surface area contributed by atoms with Crippen molar-refractivity contribution in [2.75, 3.05) is 39.0 Å². The minimum Gasteiger partial charge on any atom is -0.495 e. The van der Waals surface area contributed by atoms with Crippen molar-refractivity contribution >= 4 is 11.6 Å². The van der Waals surface area contributed by atoms with Crippen molar-refractivity contribution in [1.29, 1.82) is 0 Å². The van der Waals surface area contributed by atoms with Gasteiger partial charge in [-0.1, -0.05) is 6.92 Å². The maximum Gasteiger partial charge on any atom is 0.251 e. The Hall–Kier alpha value is -1.75. The zero-order chi connectivity index (χ0) is 15.2. The summed E-state index contributed by atoms with van der Waals surface area (Å²) in [7, 11) is 1.55. The number of hydrogen-bond acceptors (Lipinski definition) is 4. The van der Waals surface area contributed by atoms with E-state index in [2.05, 4.69) is 17.1 Å². The van der Waals surface area contributed by atoms with Gasteiger partial charge in [-0.15, -0.1) is 0 Å². The number of anilines is 1. The summed E-state index contributed by atoms with van der Waals surface area (Å²) >= 11 is 0. The fourth-order valence-electron chi connectivity index (χ4n) is 2.57. The van der Waals surface area contributed by atoms with E-state index in [1.807, 2.05) is 0 Å². The molecule has 0 bridgehead atoms. The first-order valence-electron chi connectivity index (χ1n) is 7.54. The molecule has 0 aliphatic carbocycles. The number of nitrogens with two attached hydrogens (primary N) is 1. The van der Waals surface area contributed by atoms with Crippen LogP contribution in [0.1, 0.15) is 30.1 Å². The molecule has 0 atom stereocenters. The van der Waals surface area contributed by atoms with Gasteiger partial charge in [0.2, 0.25) is 0 Å². The van der Waals surface area contributed by atoms with Gasteiger partial charge in [-0.05, 0) is 50.0 Å². The molecule has 1 fully saturated rings. The van der Waals surface area contributed by atoms with Crippen LogP contribution in [-0.4, -0.2) is 44.1 Å². The quantitative estimate of drug-likeness (QED) is 0.811. The van der Waals surface area contributed by atoms with Gasteiger partial charge < -0.3 is 20.7 Å². The lowest BCUT2D eigenvalue weighted by Gasteiger charge is -2.30. The summed E-state index contributed by atoms with van der Waals surface area (Å²) in [5, 5.41) is 2.95. The van der Waals surface area contributed by atoms with E-state index >= 15 is 0 Å². The van der Waals surface area contributed by atoms with Crippen LogP contribution in [0.3, 0.4) is 0 Å². The summed E-state index contributed by atoms with van der Waals surface area (Å²) in [6, 6.07) is 5.09. The number of amides is 1. The van der Waals surface area contributed by atoms with Gasteiger partial charge in [-0.2, -0.15) is 0 Å². The van der Waals surface area contributed by atoms with Crippen LogP contribution >= 0.6 is 0 Å². The average Bonchev–Trinajstić information content (AvgIpc) is 2.49. The molecule has 1 amide bonds. The monoisotopic (exact) mass is 291 g/mol. The highest BCUT2D eigenvalue weighted by molar-refractivity contribution is 5.95. The number of carbonyl (C=O) groups is 1. The lowest BCUT2D eigenvalue weighted by Crippen LogP contribution is -2.39. The van der Waals surface area contributed by atoms with Crippen LogP contribution in [0.25, 0.3) is 0 Å². The number of ether oxygens (including phenoxy) is 1. The highest BCUT2D eigenvalue weighted by atomic mass is 16.5. The van der Waals surface area contributed by atoms with E-state index in [4.69, 9.17) is 10.5 Å². The molecule has 0 saturated carbocycles. The third-order valence-electron chi connectivity index (χ3n) is 4.09. The molecular formula is C16H25N3O2. The van der Waals surface area contributed by atoms with Gasteiger partial charge in [0.1, 0.15) is 5.75 Å². The van der Waals surface area contributed by atoms with E-state index in [9.17, 15) is 4.79 Å². The molecule has 1 aliphatic heterocycles. The third kappa shape index (κ3) is 4.36. The molecule has 3 N–H and O–H groups in total. The first-order chi connectivity index (χ1) is 10.1. The van der Waals surface area contributed by atoms with Gasteiger partial charge >= 0.3 is 0 Å². The van der Waals surface area contributed by atoms with E-state index in [0.717, 1.165) is 25.6 Å². The molecule has 2 rings (SSSR count). The van der Waals surface area contributed by atoms with Gasteiger partial charge in [0.15, 0.2) is 0 Å². The van der Waals surface area contributed by atoms with Crippen LogP contribution in [-0.2, 0) is 0 Å². The fourth-order valence-corrected chi connectivity index (χ4v) is 2.57. The van der Waals surface area contributed by atoms with Gasteiger partial charge in [0, 0.05) is 18.7 Å². The van der Waals surface area contributed by atoms with Crippen molar-refractivity contribution in [3.05, 3.63) is 23.8 Å². The van der Waals surface area contributed by atoms with Gasteiger partial charge in [-0.3, -0.25) is 4.79 Å². The van der Waals surface area contributed by atoms with E-state index in [1.165, 1.54) is 12.8 Å². The van der Waals surface area contributed by atoms with Crippen LogP contribution in [0, 0.1) is 5.92 Å². The summed E-state index contributed by atoms with van der Waals surface area (Å²) in [5.41, 5.74) is 6.86. The van der Waals surface area contributed by atoms with Crippen molar-refractivity contribution < 1.29 is 9.53 Å². The van der Waals surface area contributed by atoms with Crippen molar-refractivity contribution in [1.82, 2.24) is 10.2 Å². The number of likely N-dealkylation sites (tertiary alicyclic amines) is 1. The van der Waals surface area contributed by atoms with Crippen LogP contribution in [0.15, 0.2) is 18.2 Å². The minimum atomic E-state index is -0.0846. The predicted molar refractivity (Wildman–Crippen MR) is 84.6 cm³/mol. The van der Waals surface area contributed by atoms with E-state index in [-0.39, 0.29) is 5.91 Å². The number of nitrogen functional groups attached to an aromatic ring is 1. The Morgan fingerprint density at radius 1 is 1.43 bits per heavy atom. The standard InChI is InChI=1S/C16H25N3O2/c1-12-5-8-19(9-6-12)10-7-18-16(20)13-3-4-14(17)15(11-13)21-2/h3-4,11-12H,5-10,17H2,1-2H3,(H,18,20). The number of benzene rings is 1. The summed E-state index contributed by atoms with van der Waals surface area (Å²) in [6.07, 6.45) is 2.51. The molecule has 116 valence electrons.